The lowest BCUT2D eigenvalue weighted by atomic mass is 9.84. The molecule has 1 atom stereocenters. The van der Waals surface area contributed by atoms with Gasteiger partial charge < -0.3 is 9.88 Å². The first-order valence-corrected chi connectivity index (χ1v) is 9.77. The Balaban J connectivity index is 1.92. The van der Waals surface area contributed by atoms with E-state index >= 15 is 0 Å². The number of carbonyl (C=O) groups excluding carboxylic acids is 3. The summed E-state index contributed by atoms with van der Waals surface area (Å²) in [5, 5.41) is 2.78. The van der Waals surface area contributed by atoms with E-state index < -0.39 is 23.3 Å². The normalized spacial score (nSPS) is 19.0. The molecule has 1 N–H and O–H groups in total. The molecule has 1 fully saturated rings. The van der Waals surface area contributed by atoms with Crippen LogP contribution in [0.15, 0.2) is 30.3 Å². The molecular formula is C22H26FN3O3. The predicted molar refractivity (Wildman–Crippen MR) is 107 cm³/mol. The third-order valence-corrected chi connectivity index (χ3v) is 5.80. The number of Topliss-reactive ketones (excluding diaryl/α,β-unsaturated/α-hetero) is 1. The summed E-state index contributed by atoms with van der Waals surface area (Å²) in [5.41, 5.74) is 1.45. The number of amides is 3. The Hall–Kier alpha value is -2.96. The Labute approximate surface area is 169 Å². The first-order valence-electron chi connectivity index (χ1n) is 9.77. The zero-order valence-electron chi connectivity index (χ0n) is 17.2. The first-order chi connectivity index (χ1) is 13.7. The topological polar surface area (TPSA) is 71.4 Å². The average molecular weight is 399 g/mol. The van der Waals surface area contributed by atoms with Crippen LogP contribution in [0, 0.1) is 19.7 Å². The third kappa shape index (κ3) is 3.57. The predicted octanol–water partition coefficient (Wildman–Crippen LogP) is 3.60. The largest absolute Gasteiger partial charge is 0.351 e. The number of aryl methyl sites for hydroxylation is 1. The van der Waals surface area contributed by atoms with Gasteiger partial charge in [0.15, 0.2) is 5.78 Å². The highest BCUT2D eigenvalue weighted by atomic mass is 19.1. The Kier molecular flexibility index (Phi) is 5.59. The molecule has 0 bridgehead atoms. The van der Waals surface area contributed by atoms with Crippen molar-refractivity contribution in [3.05, 3.63) is 58.7 Å². The molecule has 3 amide bonds. The van der Waals surface area contributed by atoms with Crippen LogP contribution in [0.2, 0.25) is 0 Å². The molecule has 1 aliphatic rings. The molecule has 1 aromatic heterocycles. The zero-order valence-corrected chi connectivity index (χ0v) is 17.2. The number of hydrogen-bond acceptors (Lipinski definition) is 3. The van der Waals surface area contributed by atoms with E-state index in [1.54, 1.807) is 6.07 Å². The second-order valence-electron chi connectivity index (χ2n) is 7.60. The molecule has 7 heteroatoms. The summed E-state index contributed by atoms with van der Waals surface area (Å²) in [5.74, 6) is -1.18. The van der Waals surface area contributed by atoms with Gasteiger partial charge in [-0.25, -0.2) is 9.18 Å². The van der Waals surface area contributed by atoms with Gasteiger partial charge in [0.25, 0.3) is 5.91 Å². The molecule has 0 aliphatic carbocycles. The van der Waals surface area contributed by atoms with E-state index in [0.29, 0.717) is 24.0 Å². The Morgan fingerprint density at radius 2 is 1.83 bits per heavy atom. The first kappa shape index (κ1) is 20.8. The molecule has 0 radical (unpaired) electrons. The molecule has 1 aliphatic heterocycles. The number of halogens is 1. The van der Waals surface area contributed by atoms with E-state index in [2.05, 4.69) is 5.32 Å². The SMILES string of the molecule is CCCC[C@]1(c2ccc(F)cc2)NC(=O)N(CC(=O)c2cc(C)n(C)c2C)C1=O. The van der Waals surface area contributed by atoms with Gasteiger partial charge in [0.05, 0.1) is 6.54 Å². The molecule has 2 aromatic rings. The van der Waals surface area contributed by atoms with Gasteiger partial charge in [-0.2, -0.15) is 0 Å². The number of nitrogens with zero attached hydrogens (tertiary/aromatic N) is 2. The zero-order chi connectivity index (χ0) is 21.3. The van der Waals surface area contributed by atoms with Crippen molar-refractivity contribution in [2.45, 2.75) is 45.6 Å². The van der Waals surface area contributed by atoms with Crippen LogP contribution in [0.25, 0.3) is 0 Å². The quantitative estimate of drug-likeness (QED) is 0.571. The van der Waals surface area contributed by atoms with Crippen molar-refractivity contribution in [3.8, 4) is 0 Å². The molecule has 1 aromatic carbocycles. The number of ketones is 1. The molecule has 0 spiro atoms. The molecule has 2 heterocycles. The number of benzene rings is 1. The maximum atomic E-state index is 13.4. The van der Waals surface area contributed by atoms with Crippen LogP contribution in [0.3, 0.4) is 0 Å². The number of urea groups is 1. The average Bonchev–Trinajstić information content (AvgIpc) is 3.09. The van der Waals surface area contributed by atoms with Gasteiger partial charge in [-0.1, -0.05) is 31.9 Å². The lowest BCUT2D eigenvalue weighted by molar-refractivity contribution is -0.131. The smallest absolute Gasteiger partial charge is 0.325 e. The number of rotatable bonds is 7. The summed E-state index contributed by atoms with van der Waals surface area (Å²) >= 11 is 0. The van der Waals surface area contributed by atoms with E-state index in [4.69, 9.17) is 0 Å². The molecule has 3 rings (SSSR count). The Bertz CT molecular complexity index is 964. The molecule has 0 unspecified atom stereocenters. The van der Waals surface area contributed by atoms with Crippen molar-refractivity contribution in [3.63, 3.8) is 0 Å². The van der Waals surface area contributed by atoms with E-state index in [-0.39, 0.29) is 12.3 Å². The lowest BCUT2D eigenvalue weighted by Crippen LogP contribution is -2.44. The standard InChI is InChI=1S/C22H26FN3O3/c1-5-6-11-22(16-7-9-17(23)10-8-16)20(28)26(21(29)24-22)13-19(27)18-12-14(2)25(4)15(18)3/h7-10,12H,5-6,11,13H2,1-4H3,(H,24,29)/t22-/m1/s1. The highest BCUT2D eigenvalue weighted by molar-refractivity contribution is 6.11. The number of aromatic nitrogens is 1. The number of imide groups is 1. The number of carbonyl (C=O) groups is 3. The van der Waals surface area contributed by atoms with Gasteiger partial charge in [0.1, 0.15) is 11.4 Å². The van der Waals surface area contributed by atoms with Crippen LogP contribution in [-0.4, -0.2) is 33.7 Å². The van der Waals surface area contributed by atoms with Crippen molar-refractivity contribution >= 4 is 17.7 Å². The summed E-state index contributed by atoms with van der Waals surface area (Å²) in [6, 6.07) is 6.73. The summed E-state index contributed by atoms with van der Waals surface area (Å²) in [4.78, 5) is 39.9. The number of unbranched alkanes of at least 4 members (excludes halogenated alkanes) is 1. The maximum Gasteiger partial charge on any atom is 0.325 e. The second kappa shape index (κ2) is 7.81. The maximum absolute atomic E-state index is 13.4. The highest BCUT2D eigenvalue weighted by Crippen LogP contribution is 2.34. The fraction of sp³-hybridized carbons (Fsp3) is 0.409. The Morgan fingerprint density at radius 1 is 1.17 bits per heavy atom. The molecule has 0 saturated carbocycles. The van der Waals surface area contributed by atoms with Crippen LogP contribution in [0.5, 0.6) is 0 Å². The highest BCUT2D eigenvalue weighted by Gasteiger charge is 2.52. The Morgan fingerprint density at radius 3 is 2.38 bits per heavy atom. The number of nitrogens with one attached hydrogen (secondary N) is 1. The number of hydrogen-bond donors (Lipinski definition) is 1. The van der Waals surface area contributed by atoms with Crippen LogP contribution in [-0.2, 0) is 17.4 Å². The van der Waals surface area contributed by atoms with Crippen molar-refractivity contribution < 1.29 is 18.8 Å². The van der Waals surface area contributed by atoms with E-state index in [0.717, 1.165) is 22.7 Å². The van der Waals surface area contributed by atoms with E-state index in [1.807, 2.05) is 32.4 Å². The van der Waals surface area contributed by atoms with Crippen LogP contribution >= 0.6 is 0 Å². The van der Waals surface area contributed by atoms with Crippen LogP contribution in [0.1, 0.15) is 53.5 Å². The molecular weight excluding hydrogens is 373 g/mol. The van der Waals surface area contributed by atoms with Gasteiger partial charge >= 0.3 is 6.03 Å². The molecule has 1 saturated heterocycles. The van der Waals surface area contributed by atoms with Gasteiger partial charge in [-0.05, 0) is 44.0 Å². The molecule has 6 nitrogen and oxygen atoms in total. The van der Waals surface area contributed by atoms with Crippen molar-refractivity contribution in [1.82, 2.24) is 14.8 Å². The van der Waals surface area contributed by atoms with Crippen molar-refractivity contribution in [2.75, 3.05) is 6.54 Å². The van der Waals surface area contributed by atoms with E-state index in [1.165, 1.54) is 24.3 Å². The lowest BCUT2D eigenvalue weighted by Gasteiger charge is -2.27. The summed E-state index contributed by atoms with van der Waals surface area (Å²) in [6.07, 6.45) is 1.91. The van der Waals surface area contributed by atoms with E-state index in [9.17, 15) is 18.8 Å². The summed E-state index contributed by atoms with van der Waals surface area (Å²) < 4.78 is 15.3. The monoisotopic (exact) mass is 399 g/mol. The molecule has 29 heavy (non-hydrogen) atoms. The fourth-order valence-electron chi connectivity index (χ4n) is 3.82. The van der Waals surface area contributed by atoms with Gasteiger partial charge in [-0.3, -0.25) is 14.5 Å². The third-order valence-electron chi connectivity index (χ3n) is 5.80. The van der Waals surface area contributed by atoms with Gasteiger partial charge in [0.2, 0.25) is 0 Å². The van der Waals surface area contributed by atoms with Gasteiger partial charge in [0, 0.05) is 24.0 Å². The fourth-order valence-corrected chi connectivity index (χ4v) is 3.82. The van der Waals surface area contributed by atoms with Gasteiger partial charge in [-0.15, -0.1) is 0 Å². The summed E-state index contributed by atoms with van der Waals surface area (Å²) in [6.45, 7) is 5.38. The van der Waals surface area contributed by atoms with Crippen LogP contribution < -0.4 is 5.32 Å². The minimum atomic E-state index is -1.28. The molecule has 154 valence electrons. The minimum Gasteiger partial charge on any atom is -0.351 e. The summed E-state index contributed by atoms with van der Waals surface area (Å²) in [7, 11) is 1.86. The minimum absolute atomic E-state index is 0.292. The van der Waals surface area contributed by atoms with Crippen LogP contribution in [0.4, 0.5) is 9.18 Å². The van der Waals surface area contributed by atoms with Crippen molar-refractivity contribution in [2.24, 2.45) is 7.05 Å². The second-order valence-corrected chi connectivity index (χ2v) is 7.60. The van der Waals surface area contributed by atoms with Crippen molar-refractivity contribution in [1.29, 1.82) is 0 Å².